The van der Waals surface area contributed by atoms with Crippen molar-refractivity contribution in [1.82, 2.24) is 9.03 Å². The molecule has 0 bridgehead atoms. The zero-order valence-corrected chi connectivity index (χ0v) is 13.5. The zero-order valence-electron chi connectivity index (χ0n) is 11.8. The Morgan fingerprint density at radius 2 is 2.10 bits per heavy atom. The van der Waals surface area contributed by atoms with Crippen molar-refractivity contribution in [3.05, 3.63) is 22.4 Å². The van der Waals surface area contributed by atoms with Crippen LogP contribution in [-0.2, 0) is 10.2 Å². The summed E-state index contributed by atoms with van der Waals surface area (Å²) in [5.74, 6) is 0.745. The molecule has 0 amide bonds. The third kappa shape index (κ3) is 4.02. The third-order valence-electron chi connectivity index (χ3n) is 3.56. The van der Waals surface area contributed by atoms with Crippen LogP contribution in [0.4, 0.5) is 0 Å². The lowest BCUT2D eigenvalue weighted by atomic mass is 9.94. The SMILES string of the molecule is CC1CC(C)CN(S(=O)(=O)NCC(O)c2ccsc2)C1. The molecule has 2 rings (SSSR count). The third-order valence-corrected chi connectivity index (χ3v) is 5.77. The minimum absolute atomic E-state index is 0.0122. The van der Waals surface area contributed by atoms with E-state index < -0.39 is 16.3 Å². The van der Waals surface area contributed by atoms with Crippen LogP contribution in [0.2, 0.25) is 0 Å². The monoisotopic (exact) mass is 318 g/mol. The summed E-state index contributed by atoms with van der Waals surface area (Å²) in [6, 6.07) is 1.80. The first-order valence-corrected chi connectivity index (χ1v) is 9.21. The molecule has 0 aromatic carbocycles. The number of piperidine rings is 1. The van der Waals surface area contributed by atoms with E-state index >= 15 is 0 Å². The molecule has 1 aliphatic rings. The molecular formula is C13H22N2O3S2. The Hall–Kier alpha value is -0.470. The standard InChI is InChI=1S/C13H22N2O3S2/c1-10-5-11(2)8-15(7-10)20(17,18)14-6-13(16)12-3-4-19-9-12/h3-4,9-11,13-14,16H,5-8H2,1-2H3. The number of nitrogens with zero attached hydrogens (tertiary/aromatic N) is 1. The molecule has 0 spiro atoms. The lowest BCUT2D eigenvalue weighted by molar-refractivity contribution is 0.179. The summed E-state index contributed by atoms with van der Waals surface area (Å²) in [7, 11) is -3.51. The van der Waals surface area contributed by atoms with Crippen molar-refractivity contribution >= 4 is 21.5 Å². The van der Waals surface area contributed by atoms with E-state index in [9.17, 15) is 13.5 Å². The van der Waals surface area contributed by atoms with Crippen LogP contribution in [0.25, 0.3) is 0 Å². The maximum atomic E-state index is 12.3. The fourth-order valence-electron chi connectivity index (χ4n) is 2.66. The van der Waals surface area contributed by atoms with Gasteiger partial charge in [-0.1, -0.05) is 13.8 Å². The number of thiophene rings is 1. The van der Waals surface area contributed by atoms with Crippen LogP contribution >= 0.6 is 11.3 Å². The zero-order chi connectivity index (χ0) is 14.8. The van der Waals surface area contributed by atoms with E-state index in [4.69, 9.17) is 0 Å². The Bertz CT molecular complexity index is 506. The van der Waals surface area contributed by atoms with Gasteiger partial charge in [-0.3, -0.25) is 0 Å². The smallest absolute Gasteiger partial charge is 0.279 e. The number of nitrogens with one attached hydrogen (secondary N) is 1. The molecule has 1 saturated heterocycles. The van der Waals surface area contributed by atoms with Crippen LogP contribution in [0, 0.1) is 11.8 Å². The van der Waals surface area contributed by atoms with E-state index in [0.29, 0.717) is 24.9 Å². The first kappa shape index (κ1) is 15.9. The van der Waals surface area contributed by atoms with Crippen LogP contribution < -0.4 is 4.72 Å². The highest BCUT2D eigenvalue weighted by molar-refractivity contribution is 7.87. The summed E-state index contributed by atoms with van der Waals surface area (Å²) in [6.07, 6.45) is 0.263. The molecule has 1 fully saturated rings. The summed E-state index contributed by atoms with van der Waals surface area (Å²) < 4.78 is 28.5. The van der Waals surface area contributed by atoms with Gasteiger partial charge in [-0.15, -0.1) is 0 Å². The van der Waals surface area contributed by atoms with Crippen molar-refractivity contribution in [2.24, 2.45) is 11.8 Å². The molecule has 2 heterocycles. The van der Waals surface area contributed by atoms with Gasteiger partial charge in [0.25, 0.3) is 10.2 Å². The minimum atomic E-state index is -3.51. The lowest BCUT2D eigenvalue weighted by Crippen LogP contribution is -2.48. The van der Waals surface area contributed by atoms with Gasteiger partial charge in [0.1, 0.15) is 0 Å². The highest BCUT2D eigenvalue weighted by Gasteiger charge is 2.30. The van der Waals surface area contributed by atoms with E-state index in [1.807, 2.05) is 10.8 Å². The second-order valence-corrected chi connectivity index (χ2v) is 8.22. The maximum absolute atomic E-state index is 12.3. The maximum Gasteiger partial charge on any atom is 0.279 e. The lowest BCUT2D eigenvalue weighted by Gasteiger charge is -2.34. The van der Waals surface area contributed by atoms with E-state index in [2.05, 4.69) is 18.6 Å². The molecule has 0 aliphatic carbocycles. The second-order valence-electron chi connectivity index (χ2n) is 5.69. The molecule has 1 aromatic rings. The predicted molar refractivity (Wildman–Crippen MR) is 80.7 cm³/mol. The Labute approximate surface area is 124 Å². The van der Waals surface area contributed by atoms with Crippen molar-refractivity contribution in [3.63, 3.8) is 0 Å². The average Bonchev–Trinajstić information content (AvgIpc) is 2.88. The highest BCUT2D eigenvalue weighted by atomic mass is 32.2. The van der Waals surface area contributed by atoms with Crippen LogP contribution in [0.3, 0.4) is 0 Å². The molecule has 0 radical (unpaired) electrons. The van der Waals surface area contributed by atoms with Gasteiger partial charge in [0.05, 0.1) is 6.10 Å². The first-order valence-electron chi connectivity index (χ1n) is 6.83. The van der Waals surface area contributed by atoms with Gasteiger partial charge in [-0.25, -0.2) is 0 Å². The molecule has 5 nitrogen and oxygen atoms in total. The van der Waals surface area contributed by atoms with Gasteiger partial charge in [-0.2, -0.15) is 28.8 Å². The van der Waals surface area contributed by atoms with Crippen LogP contribution in [0.15, 0.2) is 16.8 Å². The summed E-state index contributed by atoms with van der Waals surface area (Å²) >= 11 is 1.48. The quantitative estimate of drug-likeness (QED) is 0.866. The van der Waals surface area contributed by atoms with E-state index in [0.717, 1.165) is 12.0 Å². The number of hydrogen-bond donors (Lipinski definition) is 2. The van der Waals surface area contributed by atoms with Crippen molar-refractivity contribution in [2.75, 3.05) is 19.6 Å². The number of aliphatic hydroxyl groups excluding tert-OH is 1. The van der Waals surface area contributed by atoms with Crippen LogP contribution in [0.1, 0.15) is 31.9 Å². The molecule has 1 aromatic heterocycles. The molecule has 114 valence electrons. The topological polar surface area (TPSA) is 69.6 Å². The Morgan fingerprint density at radius 1 is 1.45 bits per heavy atom. The predicted octanol–water partition coefficient (Wildman–Crippen LogP) is 1.59. The number of rotatable bonds is 5. The Balaban J connectivity index is 1.93. The summed E-state index contributed by atoms with van der Waals surface area (Å²) in [4.78, 5) is 0. The molecule has 0 saturated carbocycles. The summed E-state index contributed by atoms with van der Waals surface area (Å²) in [5, 5.41) is 13.6. The Kier molecular flexibility index (Phi) is 5.19. The summed E-state index contributed by atoms with van der Waals surface area (Å²) in [6.45, 7) is 5.25. The molecular weight excluding hydrogens is 296 g/mol. The Morgan fingerprint density at radius 3 is 2.65 bits per heavy atom. The van der Waals surface area contributed by atoms with Crippen molar-refractivity contribution in [1.29, 1.82) is 0 Å². The largest absolute Gasteiger partial charge is 0.387 e. The van der Waals surface area contributed by atoms with Gasteiger partial charge >= 0.3 is 0 Å². The van der Waals surface area contributed by atoms with E-state index in [1.165, 1.54) is 15.6 Å². The number of aliphatic hydroxyl groups is 1. The molecule has 3 atom stereocenters. The van der Waals surface area contributed by atoms with Crippen molar-refractivity contribution in [2.45, 2.75) is 26.4 Å². The van der Waals surface area contributed by atoms with Gasteiger partial charge in [0.15, 0.2) is 0 Å². The summed E-state index contributed by atoms with van der Waals surface area (Å²) in [5.41, 5.74) is 0.748. The van der Waals surface area contributed by atoms with E-state index in [1.54, 1.807) is 6.07 Å². The van der Waals surface area contributed by atoms with Gasteiger partial charge in [-0.05, 0) is 40.6 Å². The fraction of sp³-hybridized carbons (Fsp3) is 0.692. The van der Waals surface area contributed by atoms with Gasteiger partial charge in [0, 0.05) is 19.6 Å². The molecule has 20 heavy (non-hydrogen) atoms. The average molecular weight is 318 g/mol. The van der Waals surface area contributed by atoms with Crippen molar-refractivity contribution in [3.8, 4) is 0 Å². The normalized spacial score (nSPS) is 26.6. The van der Waals surface area contributed by atoms with Crippen LogP contribution in [-0.4, -0.2) is 37.5 Å². The molecule has 1 aliphatic heterocycles. The van der Waals surface area contributed by atoms with Gasteiger partial charge in [0.2, 0.25) is 0 Å². The first-order chi connectivity index (χ1) is 9.38. The molecule has 2 N–H and O–H groups in total. The number of hydrogen-bond acceptors (Lipinski definition) is 4. The molecule has 3 unspecified atom stereocenters. The second kappa shape index (κ2) is 6.53. The fourth-order valence-corrected chi connectivity index (χ4v) is 4.82. The highest BCUT2D eigenvalue weighted by Crippen LogP contribution is 2.23. The van der Waals surface area contributed by atoms with Gasteiger partial charge < -0.3 is 5.11 Å². The van der Waals surface area contributed by atoms with E-state index in [-0.39, 0.29) is 6.54 Å². The van der Waals surface area contributed by atoms with Crippen molar-refractivity contribution < 1.29 is 13.5 Å². The van der Waals surface area contributed by atoms with Crippen LogP contribution in [0.5, 0.6) is 0 Å². The minimum Gasteiger partial charge on any atom is -0.387 e. The molecule has 7 heteroatoms.